The van der Waals surface area contributed by atoms with Crippen LogP contribution in [-0.4, -0.2) is 82.2 Å². The minimum absolute atomic E-state index is 0.0213. The van der Waals surface area contributed by atoms with Crippen LogP contribution in [0.25, 0.3) is 0 Å². The highest BCUT2D eigenvalue weighted by atomic mass is 16.4. The molecule has 14 heteroatoms. The fraction of sp³-hybridized carbons (Fsp3) is 0.500. The number of benzene rings is 1. The van der Waals surface area contributed by atoms with E-state index in [9.17, 15) is 34.2 Å². The first-order valence-electron chi connectivity index (χ1n) is 11.2. The molecule has 0 aliphatic heterocycles. The molecule has 0 saturated carbocycles. The molecule has 4 unspecified atom stereocenters. The molecule has 4 amide bonds. The van der Waals surface area contributed by atoms with E-state index in [2.05, 4.69) is 16.0 Å². The number of nitrogens with one attached hydrogen (secondary N) is 3. The number of phenols is 1. The summed E-state index contributed by atoms with van der Waals surface area (Å²) in [5, 5.41) is 35.0. The molecule has 200 valence electrons. The van der Waals surface area contributed by atoms with Crippen LogP contribution in [-0.2, 0) is 30.4 Å². The molecule has 0 fully saturated rings. The predicted molar refractivity (Wildman–Crippen MR) is 127 cm³/mol. The number of carboxylic acid groups (broad SMARTS) is 1. The first-order chi connectivity index (χ1) is 17.0. The van der Waals surface area contributed by atoms with Gasteiger partial charge in [-0.3, -0.25) is 19.2 Å². The predicted octanol–water partition coefficient (Wildman–Crippen LogP) is -3.20. The molecule has 4 atom stereocenters. The number of amides is 4. The Morgan fingerprint density at radius 1 is 0.861 bits per heavy atom. The summed E-state index contributed by atoms with van der Waals surface area (Å²) in [7, 11) is 0. The van der Waals surface area contributed by atoms with Crippen molar-refractivity contribution in [2.75, 3.05) is 13.2 Å². The van der Waals surface area contributed by atoms with Crippen LogP contribution in [0.5, 0.6) is 5.75 Å². The largest absolute Gasteiger partial charge is 0.508 e. The lowest BCUT2D eigenvalue weighted by atomic mass is 10.0. The zero-order chi connectivity index (χ0) is 27.3. The number of unbranched alkanes of at least 4 members (excludes halogenated alkanes) is 1. The van der Waals surface area contributed by atoms with Crippen LogP contribution in [0.1, 0.15) is 31.2 Å². The Labute approximate surface area is 207 Å². The number of rotatable bonds is 16. The summed E-state index contributed by atoms with van der Waals surface area (Å²) in [5.41, 5.74) is 16.7. The molecule has 14 nitrogen and oxygen atoms in total. The van der Waals surface area contributed by atoms with Crippen molar-refractivity contribution in [1.29, 1.82) is 0 Å². The number of carbonyl (C=O) groups excluding carboxylic acids is 4. The Kier molecular flexibility index (Phi) is 12.9. The Hall–Kier alpha value is -3.75. The van der Waals surface area contributed by atoms with Gasteiger partial charge in [0.2, 0.25) is 23.6 Å². The third kappa shape index (κ3) is 10.7. The Balaban J connectivity index is 3.00. The normalized spacial score (nSPS) is 14.1. The first-order valence-corrected chi connectivity index (χ1v) is 11.2. The lowest BCUT2D eigenvalue weighted by Crippen LogP contribution is -2.58. The lowest BCUT2D eigenvalue weighted by Gasteiger charge is -2.24. The molecule has 0 bridgehead atoms. The fourth-order valence-electron chi connectivity index (χ4n) is 3.15. The minimum Gasteiger partial charge on any atom is -0.508 e. The first kappa shape index (κ1) is 30.3. The van der Waals surface area contributed by atoms with Gasteiger partial charge >= 0.3 is 5.97 Å². The molecule has 0 radical (unpaired) electrons. The van der Waals surface area contributed by atoms with E-state index in [4.69, 9.17) is 22.3 Å². The highest BCUT2D eigenvalue weighted by Gasteiger charge is 2.31. The van der Waals surface area contributed by atoms with Gasteiger partial charge in [-0.1, -0.05) is 12.1 Å². The minimum atomic E-state index is -1.53. The van der Waals surface area contributed by atoms with Crippen molar-refractivity contribution in [2.45, 2.75) is 56.3 Å². The van der Waals surface area contributed by atoms with Crippen LogP contribution in [0.3, 0.4) is 0 Å². The number of hydrogen-bond donors (Lipinski definition) is 9. The van der Waals surface area contributed by atoms with E-state index in [1.165, 1.54) is 24.3 Å². The Morgan fingerprint density at radius 2 is 1.42 bits per heavy atom. The van der Waals surface area contributed by atoms with Gasteiger partial charge in [0.25, 0.3) is 0 Å². The third-order valence-corrected chi connectivity index (χ3v) is 5.14. The molecule has 1 rings (SSSR count). The number of aliphatic hydroxyl groups is 1. The highest BCUT2D eigenvalue weighted by Crippen LogP contribution is 2.12. The molecule has 0 spiro atoms. The molecule has 0 aromatic heterocycles. The lowest BCUT2D eigenvalue weighted by molar-refractivity contribution is -0.142. The Morgan fingerprint density at radius 3 is 1.94 bits per heavy atom. The maximum absolute atomic E-state index is 12.9. The number of carbonyl (C=O) groups is 5. The number of hydrogen-bond acceptors (Lipinski definition) is 9. The van der Waals surface area contributed by atoms with Crippen LogP contribution in [0.15, 0.2) is 24.3 Å². The molecule has 0 aliphatic carbocycles. The van der Waals surface area contributed by atoms with E-state index in [0.29, 0.717) is 24.9 Å². The summed E-state index contributed by atoms with van der Waals surface area (Å²) in [6.07, 6.45) is 0.312. The number of carboxylic acids is 1. The van der Waals surface area contributed by atoms with Gasteiger partial charge in [-0.15, -0.1) is 0 Å². The van der Waals surface area contributed by atoms with E-state index in [1.807, 2.05) is 0 Å². The average Bonchev–Trinajstić information content (AvgIpc) is 2.82. The van der Waals surface area contributed by atoms with Crippen molar-refractivity contribution >= 4 is 29.6 Å². The molecular formula is C22H34N6O8. The second-order valence-corrected chi connectivity index (χ2v) is 8.14. The van der Waals surface area contributed by atoms with Crippen LogP contribution in [0, 0.1) is 0 Å². The number of aliphatic hydroxyl groups excluding tert-OH is 1. The van der Waals surface area contributed by atoms with Crippen molar-refractivity contribution < 1.29 is 39.3 Å². The molecular weight excluding hydrogens is 476 g/mol. The number of primary amides is 1. The van der Waals surface area contributed by atoms with Crippen LogP contribution in [0.4, 0.5) is 0 Å². The van der Waals surface area contributed by atoms with E-state index < -0.39 is 66.8 Å². The van der Waals surface area contributed by atoms with Gasteiger partial charge in [0.1, 0.15) is 29.9 Å². The topological polar surface area (TPSA) is 260 Å². The fourth-order valence-corrected chi connectivity index (χ4v) is 3.15. The van der Waals surface area contributed by atoms with Crippen molar-refractivity contribution in [3.8, 4) is 5.75 Å². The van der Waals surface area contributed by atoms with Crippen molar-refractivity contribution in [1.82, 2.24) is 16.0 Å². The van der Waals surface area contributed by atoms with Gasteiger partial charge in [0, 0.05) is 6.42 Å². The molecule has 1 aromatic carbocycles. The van der Waals surface area contributed by atoms with Crippen LogP contribution >= 0.6 is 0 Å². The summed E-state index contributed by atoms with van der Waals surface area (Å²) in [6.45, 7) is -0.323. The SMILES string of the molecule is NCCCCC(NC(=O)C(N)CO)C(=O)NC(CC(N)=O)C(=O)NC(Cc1ccc(O)cc1)C(=O)O. The van der Waals surface area contributed by atoms with Gasteiger partial charge in [0.15, 0.2) is 0 Å². The van der Waals surface area contributed by atoms with Gasteiger partial charge in [-0.25, -0.2) is 4.79 Å². The molecule has 36 heavy (non-hydrogen) atoms. The number of aliphatic carboxylic acids is 1. The van der Waals surface area contributed by atoms with Crippen molar-refractivity contribution in [3.63, 3.8) is 0 Å². The molecule has 0 aliphatic rings. The van der Waals surface area contributed by atoms with Crippen LogP contribution < -0.4 is 33.2 Å². The molecule has 12 N–H and O–H groups in total. The summed E-state index contributed by atoms with van der Waals surface area (Å²) in [5.74, 6) is -4.95. The monoisotopic (exact) mass is 510 g/mol. The average molecular weight is 511 g/mol. The van der Waals surface area contributed by atoms with E-state index in [-0.39, 0.29) is 18.6 Å². The summed E-state index contributed by atoms with van der Waals surface area (Å²) < 4.78 is 0. The van der Waals surface area contributed by atoms with E-state index in [1.54, 1.807) is 0 Å². The van der Waals surface area contributed by atoms with Gasteiger partial charge in [-0.05, 0) is 43.5 Å². The van der Waals surface area contributed by atoms with Gasteiger partial charge < -0.3 is 48.5 Å². The molecule has 0 saturated heterocycles. The highest BCUT2D eigenvalue weighted by molar-refractivity contribution is 5.96. The van der Waals surface area contributed by atoms with Crippen LogP contribution in [0.2, 0.25) is 0 Å². The van der Waals surface area contributed by atoms with E-state index >= 15 is 0 Å². The standard InChI is InChI=1S/C22H34N6O8/c23-8-2-1-3-15(26-19(32)14(24)11-29)20(33)27-16(10-18(25)31)21(34)28-17(22(35)36)9-12-4-6-13(30)7-5-12/h4-7,14-17,29-30H,1-3,8-11,23-24H2,(H2,25,31)(H,26,32)(H,27,33)(H,28,34)(H,35,36). The summed E-state index contributed by atoms with van der Waals surface area (Å²) >= 11 is 0. The third-order valence-electron chi connectivity index (χ3n) is 5.14. The van der Waals surface area contributed by atoms with Gasteiger partial charge in [-0.2, -0.15) is 0 Å². The smallest absolute Gasteiger partial charge is 0.326 e. The quantitative estimate of drug-likeness (QED) is 0.101. The number of nitrogens with two attached hydrogens (primary N) is 3. The van der Waals surface area contributed by atoms with Crippen molar-refractivity contribution in [3.05, 3.63) is 29.8 Å². The maximum Gasteiger partial charge on any atom is 0.326 e. The summed E-state index contributed by atoms with van der Waals surface area (Å²) in [4.78, 5) is 61.1. The number of phenolic OH excluding ortho intramolecular Hbond substituents is 1. The Bertz CT molecular complexity index is 910. The maximum atomic E-state index is 12.9. The molecule has 0 heterocycles. The second-order valence-electron chi connectivity index (χ2n) is 8.14. The summed E-state index contributed by atoms with van der Waals surface area (Å²) in [6, 6.07) is 0.265. The van der Waals surface area contributed by atoms with Crippen molar-refractivity contribution in [2.24, 2.45) is 17.2 Å². The number of aromatic hydroxyl groups is 1. The van der Waals surface area contributed by atoms with E-state index in [0.717, 1.165) is 0 Å². The van der Waals surface area contributed by atoms with Gasteiger partial charge in [0.05, 0.1) is 13.0 Å². The molecule has 1 aromatic rings. The second kappa shape index (κ2) is 15.3. The zero-order valence-electron chi connectivity index (χ0n) is 19.7. The zero-order valence-corrected chi connectivity index (χ0v) is 19.7.